The molecule has 4 heterocycles. The molecule has 2 aliphatic rings. The van der Waals surface area contributed by atoms with Crippen LogP contribution in [0.2, 0.25) is 0 Å². The van der Waals surface area contributed by atoms with E-state index in [0.717, 1.165) is 10.9 Å². The number of para-hydroxylation sites is 1. The Hall–Kier alpha value is -12.9. The van der Waals surface area contributed by atoms with Gasteiger partial charge < -0.3 is 152 Å². The van der Waals surface area contributed by atoms with Crippen LogP contribution in [0.5, 0.6) is 0 Å². The van der Waals surface area contributed by atoms with Crippen LogP contribution >= 0.6 is 0 Å². The molecule has 0 bridgehead atoms. The van der Waals surface area contributed by atoms with E-state index in [1.807, 2.05) is 18.2 Å². The number of guanidine groups is 1. The number of H-pyrrole nitrogens is 2. The molecule has 49 heteroatoms. The summed E-state index contributed by atoms with van der Waals surface area (Å²) in [5.41, 5.74) is 30.7. The summed E-state index contributed by atoms with van der Waals surface area (Å²) >= 11 is 0. The van der Waals surface area contributed by atoms with Crippen LogP contribution in [0.25, 0.3) is 10.9 Å². The van der Waals surface area contributed by atoms with Gasteiger partial charge in [-0.15, -0.1) is 0 Å². The monoisotopic (exact) mass is 1860 g/mol. The molecule has 31 N–H and O–H groups in total. The van der Waals surface area contributed by atoms with Crippen molar-refractivity contribution in [3.05, 3.63) is 90.1 Å². The van der Waals surface area contributed by atoms with E-state index in [0.29, 0.717) is 11.1 Å². The van der Waals surface area contributed by atoms with Crippen molar-refractivity contribution in [2.45, 2.75) is 195 Å². The van der Waals surface area contributed by atoms with E-state index in [9.17, 15) is 86.9 Å². The van der Waals surface area contributed by atoms with E-state index in [1.165, 1.54) is 17.4 Å². The lowest BCUT2D eigenvalue weighted by molar-refractivity contribution is -0.151. The van der Waals surface area contributed by atoms with Gasteiger partial charge in [0.25, 0.3) is 0 Å². The number of hydrogen-bond donors (Lipinski definition) is 26. The van der Waals surface area contributed by atoms with E-state index in [4.69, 9.17) is 58.1 Å². The molecule has 6 rings (SSSR count). The van der Waals surface area contributed by atoms with Crippen LogP contribution < -0.4 is 108 Å². The second-order valence-corrected chi connectivity index (χ2v) is 31.8. The van der Waals surface area contributed by atoms with Crippen molar-refractivity contribution >= 4 is 117 Å². The molecule has 2 aromatic heterocycles. The van der Waals surface area contributed by atoms with Crippen LogP contribution in [-0.2, 0) is 120 Å². The van der Waals surface area contributed by atoms with Gasteiger partial charge in [0.15, 0.2) is 5.96 Å². The van der Waals surface area contributed by atoms with Gasteiger partial charge in [-0.05, 0) is 100 Å². The third kappa shape index (κ3) is 39.4. The van der Waals surface area contributed by atoms with Crippen molar-refractivity contribution in [2.75, 3.05) is 105 Å². The first kappa shape index (κ1) is 108. The van der Waals surface area contributed by atoms with Gasteiger partial charge >= 0.3 is 5.97 Å². The normalized spacial score (nSPS) is 19.1. The predicted octanol–water partition coefficient (Wildman–Crippen LogP) is -9.14. The zero-order chi connectivity index (χ0) is 96.6. The standard InChI is InChI=1S/C83H127N25O24/c1-47(2)35-58(102-79(125)62(39-84)106-78(124)61(38-50-41-90-46-97-50)104-80(126)63(43-109)107-74(120)56(18-20-65(86)110)98-67(112)42-96-69(114)45-132-34-31-129-29-26-92-68(113)44-131-33-32-130-30-27-93-72(118)52(85)17-22-70(115)116)75(121)101-57-19-21-66(111)91-24-9-8-15-54(71(87)117)99-77(123)60(37-49-40-95-53-14-7-6-13-51(49)53)103-73(119)55(16-10-25-94-83(88)89)100-76(122)59(36-48-11-4-3-5-12-48)105-81(127)64-23-28-108(64)82(57)128/h3-7,11-14,40-41,46-47,52,54-64,66,91,95,109,111H,8-10,15-39,42-45,84-85H2,1-2H3,(H2,86,110)(H2,87,117)(H,90,97)(H,92,113)(H,93,118)(H,96,114)(H,98,112)(H,99,123)(H,100,122)(H,101,121)(H,102,125)(H,103,119)(H,104,126)(H,105,127)(H,106,124)(H,107,120)(H,115,116)(H4,88,89,94)/t52-,54-,55-,56-,57?,58+,59+,60-,61-,62-,63+,64-,66?/m0/s1. The SMILES string of the molecule is CC(C)C[C@@H](NC(=O)[C@H](CN)NC(=O)[C@H](Cc1c[nH]cn1)NC(=O)[C@@H](CO)NC(=O)[C@H](CCC(N)=O)NC(=O)CNC(=O)COCCOCCNC(=O)COCCOCCNC(=O)[C@@H](N)CCC(=O)O)C(=O)NC1CCC(O)NCCCC[C@@H](C(N)=O)NC(=O)[C@H](Cc2c[nH]c3ccccc23)NC(=O)[C@H](CCCNC(=N)N)NC(=O)[C@@H](Cc2ccccc2)NC(=O)[C@@H]2CCN2C1=O. The lowest BCUT2D eigenvalue weighted by Crippen LogP contribution is -2.65. The topological polar surface area (TPSA) is 770 Å². The fourth-order valence-corrected chi connectivity index (χ4v) is 13.7. The average molecular weight is 1860 g/mol. The molecule has 0 spiro atoms. The Morgan fingerprint density at radius 2 is 1.20 bits per heavy atom. The van der Waals surface area contributed by atoms with Gasteiger partial charge in [-0.1, -0.05) is 62.4 Å². The third-order valence-corrected chi connectivity index (χ3v) is 20.9. The largest absolute Gasteiger partial charge is 0.481 e. The van der Waals surface area contributed by atoms with Crippen molar-refractivity contribution in [1.82, 2.24) is 99.6 Å². The Morgan fingerprint density at radius 3 is 1.85 bits per heavy atom. The van der Waals surface area contributed by atoms with Gasteiger partial charge in [0.2, 0.25) is 94.5 Å². The predicted molar refractivity (Wildman–Crippen MR) is 470 cm³/mol. The number of rotatable bonds is 51. The minimum atomic E-state index is -1.88. The van der Waals surface area contributed by atoms with E-state index in [1.54, 1.807) is 56.4 Å². The van der Waals surface area contributed by atoms with E-state index >= 15 is 4.79 Å². The Bertz CT molecular complexity index is 4470. The quantitative estimate of drug-likeness (QED) is 0.0111. The lowest BCUT2D eigenvalue weighted by Gasteiger charge is -2.42. The molecule has 2 aliphatic heterocycles. The second kappa shape index (κ2) is 58.0. The summed E-state index contributed by atoms with van der Waals surface area (Å²) < 4.78 is 21.2. The lowest BCUT2D eigenvalue weighted by atomic mass is 9.96. The zero-order valence-electron chi connectivity index (χ0n) is 73.8. The van der Waals surface area contributed by atoms with Crippen LogP contribution in [0.15, 0.2) is 73.3 Å². The van der Waals surface area contributed by atoms with Crippen molar-refractivity contribution < 1.29 is 116 Å². The van der Waals surface area contributed by atoms with E-state index in [2.05, 4.69) is 94.7 Å². The van der Waals surface area contributed by atoms with Crippen LogP contribution in [0.4, 0.5) is 0 Å². The van der Waals surface area contributed by atoms with Crippen LogP contribution in [0.1, 0.15) is 114 Å². The molecular weight excluding hydrogens is 1730 g/mol. The number of carboxylic acids is 1. The van der Waals surface area contributed by atoms with Crippen LogP contribution in [0, 0.1) is 11.3 Å². The molecule has 2 unspecified atom stereocenters. The number of primary amides is 2. The highest BCUT2D eigenvalue weighted by Crippen LogP contribution is 2.24. The van der Waals surface area contributed by atoms with Crippen molar-refractivity contribution in [3.8, 4) is 0 Å². The number of ether oxygens (including phenoxy) is 4. The van der Waals surface area contributed by atoms with E-state index in [-0.39, 0.29) is 180 Å². The number of hydrogen-bond acceptors (Lipinski definition) is 28. The molecule has 0 saturated carbocycles. The highest BCUT2D eigenvalue weighted by Gasteiger charge is 2.44. The zero-order valence-corrected chi connectivity index (χ0v) is 73.8. The van der Waals surface area contributed by atoms with Crippen molar-refractivity contribution in [1.29, 1.82) is 5.41 Å². The molecule has 132 heavy (non-hydrogen) atoms. The molecule has 2 saturated heterocycles. The van der Waals surface area contributed by atoms with Gasteiger partial charge in [-0.3, -0.25) is 92.2 Å². The number of nitrogens with one attached hydrogen (secondary N) is 18. The smallest absolute Gasteiger partial charge is 0.303 e. The fraction of sp³-hybridized carbons (Fsp3) is 0.578. The minimum Gasteiger partial charge on any atom is -0.481 e. The summed E-state index contributed by atoms with van der Waals surface area (Å²) in [5.74, 6) is -15.8. The number of imidazole rings is 1. The number of carbonyl (C=O) groups is 17. The molecule has 728 valence electrons. The average Bonchev–Trinajstić information content (AvgIpc) is 0.988. The summed E-state index contributed by atoms with van der Waals surface area (Å²) in [5, 5.41) is 78.0. The molecule has 2 fully saturated rings. The number of benzene rings is 2. The number of aliphatic hydroxyl groups is 2. The van der Waals surface area contributed by atoms with Gasteiger partial charge in [0.05, 0.1) is 70.9 Å². The molecule has 16 amide bonds. The number of fused-ring (bicyclic) bond motifs is 2. The molecule has 13 atom stereocenters. The summed E-state index contributed by atoms with van der Waals surface area (Å²) in [7, 11) is 0. The number of nitrogens with two attached hydrogens (primary N) is 5. The highest BCUT2D eigenvalue weighted by molar-refractivity contribution is 6.01. The van der Waals surface area contributed by atoms with Crippen molar-refractivity contribution in [3.63, 3.8) is 0 Å². The second-order valence-electron chi connectivity index (χ2n) is 31.8. The summed E-state index contributed by atoms with van der Waals surface area (Å²) in [6.07, 6.45) is 1.09. The fourth-order valence-electron chi connectivity index (χ4n) is 13.7. The molecule has 49 nitrogen and oxygen atoms in total. The Balaban J connectivity index is 1.08. The molecule has 4 aromatic rings. The highest BCUT2D eigenvalue weighted by atomic mass is 16.5. The molecular formula is C83H127N25O24. The maximum Gasteiger partial charge on any atom is 0.303 e. The van der Waals surface area contributed by atoms with E-state index < -0.39 is 225 Å². The molecule has 0 aliphatic carbocycles. The Morgan fingerprint density at radius 1 is 0.598 bits per heavy atom. The number of carboxylic acid groups (broad SMARTS) is 1. The van der Waals surface area contributed by atoms with Crippen LogP contribution in [0.3, 0.4) is 0 Å². The number of carbonyl (C=O) groups excluding carboxylic acids is 16. The summed E-state index contributed by atoms with van der Waals surface area (Å²) in [6.45, 7) is 0.732. The van der Waals surface area contributed by atoms with Gasteiger partial charge in [-0.25, -0.2) is 4.98 Å². The Kier molecular flexibility index (Phi) is 47.4. The number of nitrogens with zero attached hydrogens (tertiary/aromatic N) is 2. The number of aromatic nitrogens is 3. The maximum atomic E-state index is 15.1. The Labute approximate surface area is 760 Å². The third-order valence-electron chi connectivity index (χ3n) is 20.9. The number of amides is 16. The van der Waals surface area contributed by atoms with Gasteiger partial charge in [-0.2, -0.15) is 0 Å². The maximum absolute atomic E-state index is 15.1. The minimum absolute atomic E-state index is 0.00366. The molecule has 2 aromatic carbocycles. The van der Waals surface area contributed by atoms with Gasteiger partial charge in [0.1, 0.15) is 85.9 Å². The first-order valence-corrected chi connectivity index (χ1v) is 43.5. The van der Waals surface area contributed by atoms with Gasteiger partial charge in [0, 0.05) is 88.1 Å². The summed E-state index contributed by atoms with van der Waals surface area (Å²) in [6, 6.07) is -1.85. The number of aliphatic hydroxyl groups excluding tert-OH is 2. The van der Waals surface area contributed by atoms with Crippen molar-refractivity contribution in [2.24, 2.45) is 34.6 Å². The van der Waals surface area contributed by atoms with Crippen LogP contribution in [-0.4, -0.2) is 326 Å². The molecule has 0 radical (unpaired) electrons. The first-order chi connectivity index (χ1) is 63.1. The number of aromatic amines is 2. The summed E-state index contributed by atoms with van der Waals surface area (Å²) in [4.78, 5) is 242. The number of aliphatic carboxylic acids is 1. The first-order valence-electron chi connectivity index (χ1n) is 43.5.